The molecule has 0 aromatic heterocycles. The maximum atomic E-state index is 11.9. The van der Waals surface area contributed by atoms with E-state index in [9.17, 15) is 9.90 Å². The van der Waals surface area contributed by atoms with Crippen LogP contribution in [-0.2, 0) is 9.53 Å². The van der Waals surface area contributed by atoms with Crippen LogP contribution in [0.2, 0.25) is 0 Å². The maximum Gasteiger partial charge on any atom is 0.161 e. The summed E-state index contributed by atoms with van der Waals surface area (Å²) in [6.45, 7) is 3.57. The third-order valence-corrected chi connectivity index (χ3v) is 4.38. The topological polar surface area (TPSA) is 79.5 Å². The average Bonchev–Trinajstić information content (AvgIpc) is 2.88. The predicted octanol–water partition coefficient (Wildman–Crippen LogP) is 2.27. The summed E-state index contributed by atoms with van der Waals surface area (Å²) >= 11 is 0. The number of aliphatic hydroxyl groups excluding tert-OH is 1. The maximum absolute atomic E-state index is 11.9. The molecular weight excluding hydrogens is 282 g/mol. The highest BCUT2D eigenvalue weighted by Crippen LogP contribution is 2.43. The van der Waals surface area contributed by atoms with E-state index in [4.69, 9.17) is 14.7 Å². The fourth-order valence-electron chi connectivity index (χ4n) is 3.06. The van der Waals surface area contributed by atoms with E-state index in [2.05, 4.69) is 6.07 Å². The van der Waals surface area contributed by atoms with Gasteiger partial charge in [0.1, 0.15) is 29.7 Å². The first-order chi connectivity index (χ1) is 10.4. The molecule has 116 valence electrons. The molecule has 1 aromatic rings. The van der Waals surface area contributed by atoms with E-state index >= 15 is 0 Å². The van der Waals surface area contributed by atoms with Crippen molar-refractivity contribution in [1.29, 1.82) is 5.26 Å². The Labute approximate surface area is 129 Å². The number of ether oxygens (including phenoxy) is 2. The summed E-state index contributed by atoms with van der Waals surface area (Å²) in [7, 11) is 0. The van der Waals surface area contributed by atoms with Gasteiger partial charge in [-0.2, -0.15) is 5.26 Å². The van der Waals surface area contributed by atoms with Crippen molar-refractivity contribution in [2.45, 2.75) is 57.0 Å². The number of benzene rings is 1. The van der Waals surface area contributed by atoms with E-state index < -0.39 is 23.9 Å². The molecule has 0 bridgehead atoms. The third kappa shape index (κ3) is 2.49. The number of aliphatic hydroxyl groups is 1. The summed E-state index contributed by atoms with van der Waals surface area (Å²) < 4.78 is 11.8. The molecule has 1 saturated carbocycles. The van der Waals surface area contributed by atoms with Gasteiger partial charge in [0.15, 0.2) is 5.78 Å². The number of hydrogen-bond donors (Lipinski definition) is 1. The van der Waals surface area contributed by atoms with E-state index in [1.807, 2.05) is 0 Å². The minimum atomic E-state index is -0.914. The van der Waals surface area contributed by atoms with Crippen LogP contribution in [-0.4, -0.2) is 28.7 Å². The van der Waals surface area contributed by atoms with E-state index in [0.717, 1.165) is 6.42 Å². The summed E-state index contributed by atoms with van der Waals surface area (Å²) in [5.74, 6) is 0.666. The van der Waals surface area contributed by atoms with Crippen LogP contribution in [0.25, 0.3) is 0 Å². The summed E-state index contributed by atoms with van der Waals surface area (Å²) in [5.41, 5.74) is 0.277. The van der Waals surface area contributed by atoms with Gasteiger partial charge in [0.25, 0.3) is 0 Å². The lowest BCUT2D eigenvalue weighted by Gasteiger charge is -2.42. The summed E-state index contributed by atoms with van der Waals surface area (Å²) in [6, 6.07) is 7.13. The number of nitriles is 1. The number of fused-ring (bicyclic) bond motifs is 1. The first-order valence-corrected chi connectivity index (χ1v) is 7.51. The molecule has 0 amide bonds. The Balaban J connectivity index is 1.99. The average molecular weight is 301 g/mol. The highest BCUT2D eigenvalue weighted by atomic mass is 16.5. The molecule has 5 heteroatoms. The van der Waals surface area contributed by atoms with Crippen LogP contribution in [0.15, 0.2) is 18.2 Å². The first-order valence-electron chi connectivity index (χ1n) is 7.51. The second-order valence-electron chi connectivity index (χ2n) is 6.42. The van der Waals surface area contributed by atoms with Gasteiger partial charge < -0.3 is 14.6 Å². The van der Waals surface area contributed by atoms with Crippen LogP contribution in [0.1, 0.15) is 50.3 Å². The number of hydrogen-bond acceptors (Lipinski definition) is 5. The van der Waals surface area contributed by atoms with Crippen molar-refractivity contribution in [3.05, 3.63) is 29.3 Å². The fourth-order valence-corrected chi connectivity index (χ4v) is 3.06. The van der Waals surface area contributed by atoms with Gasteiger partial charge in [-0.1, -0.05) is 0 Å². The minimum Gasteiger partial charge on any atom is -0.485 e. The Hall–Kier alpha value is -1.90. The molecule has 1 aliphatic carbocycles. The van der Waals surface area contributed by atoms with Gasteiger partial charge >= 0.3 is 0 Å². The standard InChI is InChI=1S/C17H19NO4/c1-17(2)16(20)15(21-14-5-3-4-12(14)19)11-8-10(9-18)6-7-13(11)22-17/h6-8,14-16,20H,3-5H2,1-2H3/t14?,15-,16+/m1/s1. The molecule has 1 N–H and O–H groups in total. The molecule has 22 heavy (non-hydrogen) atoms. The Morgan fingerprint density at radius 2 is 2.23 bits per heavy atom. The van der Waals surface area contributed by atoms with Crippen LogP contribution in [0.3, 0.4) is 0 Å². The molecular formula is C17H19NO4. The lowest BCUT2D eigenvalue weighted by atomic mass is 9.87. The van der Waals surface area contributed by atoms with E-state index in [-0.39, 0.29) is 5.78 Å². The predicted molar refractivity (Wildman–Crippen MR) is 78.3 cm³/mol. The number of carbonyl (C=O) groups excluding carboxylic acids is 1. The molecule has 1 aromatic carbocycles. The van der Waals surface area contributed by atoms with E-state index in [1.165, 1.54) is 0 Å². The highest BCUT2D eigenvalue weighted by molar-refractivity contribution is 5.85. The summed E-state index contributed by atoms with van der Waals surface area (Å²) in [5, 5.41) is 19.7. The van der Waals surface area contributed by atoms with E-state index in [0.29, 0.717) is 29.7 Å². The minimum absolute atomic E-state index is 0.0782. The van der Waals surface area contributed by atoms with Gasteiger partial charge in [0.05, 0.1) is 11.6 Å². The van der Waals surface area contributed by atoms with Crippen molar-refractivity contribution in [2.24, 2.45) is 0 Å². The highest BCUT2D eigenvalue weighted by Gasteiger charge is 2.45. The van der Waals surface area contributed by atoms with Crippen molar-refractivity contribution in [1.82, 2.24) is 0 Å². The number of rotatable bonds is 2. The molecule has 0 spiro atoms. The SMILES string of the molecule is CC1(C)Oc2ccc(C#N)cc2[C@@H](OC2CCCC2=O)[C@@H]1O. The third-order valence-electron chi connectivity index (χ3n) is 4.38. The second kappa shape index (κ2) is 5.38. The van der Waals surface area contributed by atoms with Crippen molar-refractivity contribution in [3.8, 4) is 11.8 Å². The van der Waals surface area contributed by atoms with Gasteiger partial charge in [-0.05, 0) is 44.9 Å². The van der Waals surface area contributed by atoms with Crippen molar-refractivity contribution in [3.63, 3.8) is 0 Å². The molecule has 2 aliphatic rings. The molecule has 3 atom stereocenters. The zero-order valence-corrected chi connectivity index (χ0v) is 12.7. The zero-order valence-electron chi connectivity index (χ0n) is 12.7. The van der Waals surface area contributed by atoms with Crippen LogP contribution in [0.5, 0.6) is 5.75 Å². The van der Waals surface area contributed by atoms with Crippen LogP contribution in [0.4, 0.5) is 0 Å². The number of nitrogens with zero attached hydrogens (tertiary/aromatic N) is 1. The number of Topliss-reactive ketones (excluding diaryl/α,β-unsaturated/α-hetero) is 1. The first kappa shape index (κ1) is 15.0. The van der Waals surface area contributed by atoms with Gasteiger partial charge in [-0.25, -0.2) is 0 Å². The lowest BCUT2D eigenvalue weighted by Crippen LogP contribution is -2.50. The fraction of sp³-hybridized carbons (Fsp3) is 0.529. The van der Waals surface area contributed by atoms with Crippen LogP contribution >= 0.6 is 0 Å². The normalized spacial score (nSPS) is 29.5. The summed E-state index contributed by atoms with van der Waals surface area (Å²) in [6.07, 6.45) is -0.0413. The summed E-state index contributed by atoms with van der Waals surface area (Å²) in [4.78, 5) is 11.9. The molecule has 5 nitrogen and oxygen atoms in total. The zero-order chi connectivity index (χ0) is 15.9. The molecule has 1 fully saturated rings. The van der Waals surface area contributed by atoms with Crippen molar-refractivity contribution in [2.75, 3.05) is 0 Å². The van der Waals surface area contributed by atoms with Crippen molar-refractivity contribution < 1.29 is 19.4 Å². The van der Waals surface area contributed by atoms with Gasteiger partial charge in [0, 0.05) is 12.0 Å². The number of carbonyl (C=O) groups is 1. The molecule has 1 heterocycles. The Morgan fingerprint density at radius 1 is 1.45 bits per heavy atom. The monoisotopic (exact) mass is 301 g/mol. The Morgan fingerprint density at radius 3 is 2.86 bits per heavy atom. The lowest BCUT2D eigenvalue weighted by molar-refractivity contribution is -0.161. The molecule has 1 aliphatic heterocycles. The van der Waals surface area contributed by atoms with Gasteiger partial charge in [0.2, 0.25) is 0 Å². The quantitative estimate of drug-likeness (QED) is 0.906. The Bertz CT molecular complexity index is 647. The molecule has 0 saturated heterocycles. The van der Waals surface area contributed by atoms with Gasteiger partial charge in [-0.3, -0.25) is 4.79 Å². The van der Waals surface area contributed by atoms with Gasteiger partial charge in [-0.15, -0.1) is 0 Å². The largest absolute Gasteiger partial charge is 0.485 e. The molecule has 3 rings (SSSR count). The molecule has 1 unspecified atom stereocenters. The van der Waals surface area contributed by atoms with Crippen LogP contribution < -0.4 is 4.74 Å². The molecule has 0 radical (unpaired) electrons. The van der Waals surface area contributed by atoms with Crippen LogP contribution in [0, 0.1) is 11.3 Å². The van der Waals surface area contributed by atoms with E-state index in [1.54, 1.807) is 32.0 Å². The van der Waals surface area contributed by atoms with Crippen molar-refractivity contribution >= 4 is 5.78 Å². The second-order valence-corrected chi connectivity index (χ2v) is 6.42. The Kier molecular flexibility index (Phi) is 3.67. The smallest absolute Gasteiger partial charge is 0.161 e. The number of ketones is 1.